The Hall–Kier alpha value is -2.94. The van der Waals surface area contributed by atoms with Crippen molar-refractivity contribution in [3.63, 3.8) is 0 Å². The number of fused-ring (bicyclic) bond motifs is 1. The Balaban J connectivity index is 1.76. The van der Waals surface area contributed by atoms with Crippen LogP contribution in [0.25, 0.3) is 0 Å². The number of carbonyl (C=O) groups is 1. The molecule has 112 valence electrons. The van der Waals surface area contributed by atoms with Crippen LogP contribution in [0.2, 0.25) is 0 Å². The Morgan fingerprint density at radius 3 is 2.48 bits per heavy atom. The van der Waals surface area contributed by atoms with E-state index in [1.807, 2.05) is 71.8 Å². The first-order chi connectivity index (χ1) is 11.3. The lowest BCUT2D eigenvalue weighted by Crippen LogP contribution is -2.24. The van der Waals surface area contributed by atoms with Gasteiger partial charge in [-0.1, -0.05) is 42.5 Å². The van der Waals surface area contributed by atoms with Gasteiger partial charge < -0.3 is 0 Å². The fourth-order valence-electron chi connectivity index (χ4n) is 3.19. The molecule has 1 aliphatic rings. The third kappa shape index (κ3) is 2.40. The smallest absolute Gasteiger partial charge is 0.239 e. The van der Waals surface area contributed by atoms with Crippen LogP contribution in [0.5, 0.6) is 0 Å². The van der Waals surface area contributed by atoms with Gasteiger partial charge in [-0.15, -0.1) is 0 Å². The predicted molar refractivity (Wildman–Crippen MR) is 90.7 cm³/mol. The minimum Gasteiger partial charge on any atom is -0.280 e. The molecule has 3 heteroatoms. The summed E-state index contributed by atoms with van der Waals surface area (Å²) in [4.78, 5) is 19.1. The van der Waals surface area contributed by atoms with Crippen molar-refractivity contribution < 1.29 is 4.79 Å². The van der Waals surface area contributed by atoms with E-state index in [4.69, 9.17) is 0 Å². The summed E-state index contributed by atoms with van der Waals surface area (Å²) in [6.07, 6.45) is 4.26. The molecule has 0 bridgehead atoms. The Morgan fingerprint density at radius 2 is 1.70 bits per heavy atom. The van der Waals surface area contributed by atoms with Gasteiger partial charge in [-0.05, 0) is 41.8 Å². The summed E-state index contributed by atoms with van der Waals surface area (Å²) in [7, 11) is 0. The standard InChI is InChI=1S/C20H16N2O/c23-20-18(13-15-7-6-12-21-14-15)17-10-4-5-11-19(17)22(20)16-8-2-1-3-9-16/h1-12,14,18H,13H2. The first kappa shape index (κ1) is 13.7. The lowest BCUT2D eigenvalue weighted by Gasteiger charge is -2.18. The van der Waals surface area contributed by atoms with Gasteiger partial charge in [-0.25, -0.2) is 0 Å². The molecular weight excluding hydrogens is 284 g/mol. The van der Waals surface area contributed by atoms with E-state index < -0.39 is 0 Å². The van der Waals surface area contributed by atoms with Crippen LogP contribution >= 0.6 is 0 Å². The zero-order valence-corrected chi connectivity index (χ0v) is 12.6. The van der Waals surface area contributed by atoms with E-state index in [0.717, 1.165) is 22.5 Å². The van der Waals surface area contributed by atoms with E-state index in [2.05, 4.69) is 11.1 Å². The number of pyridine rings is 1. The fraction of sp³-hybridized carbons (Fsp3) is 0.100. The molecule has 1 aromatic heterocycles. The number of hydrogen-bond donors (Lipinski definition) is 0. The molecule has 1 aliphatic heterocycles. The molecule has 3 aromatic rings. The summed E-state index contributed by atoms with van der Waals surface area (Å²) in [5.74, 6) is -0.0307. The van der Waals surface area contributed by atoms with Crippen LogP contribution in [0.3, 0.4) is 0 Å². The van der Waals surface area contributed by atoms with Crippen LogP contribution < -0.4 is 4.90 Å². The molecule has 2 aromatic carbocycles. The molecule has 0 radical (unpaired) electrons. The van der Waals surface area contributed by atoms with Gasteiger partial charge in [0.2, 0.25) is 5.91 Å². The van der Waals surface area contributed by atoms with Crippen molar-refractivity contribution in [1.29, 1.82) is 0 Å². The highest BCUT2D eigenvalue weighted by Gasteiger charge is 2.37. The number of amides is 1. The largest absolute Gasteiger partial charge is 0.280 e. The number of para-hydroxylation sites is 2. The van der Waals surface area contributed by atoms with Crippen molar-refractivity contribution in [2.45, 2.75) is 12.3 Å². The minimum atomic E-state index is -0.157. The zero-order chi connectivity index (χ0) is 15.6. The van der Waals surface area contributed by atoms with E-state index in [0.29, 0.717) is 6.42 Å². The quantitative estimate of drug-likeness (QED) is 0.730. The molecule has 0 spiro atoms. The summed E-state index contributed by atoms with van der Waals surface area (Å²) < 4.78 is 0. The Labute approximate surface area is 135 Å². The van der Waals surface area contributed by atoms with Gasteiger partial charge >= 0.3 is 0 Å². The number of aromatic nitrogens is 1. The fourth-order valence-corrected chi connectivity index (χ4v) is 3.19. The van der Waals surface area contributed by atoms with Crippen molar-refractivity contribution in [3.05, 3.63) is 90.3 Å². The van der Waals surface area contributed by atoms with Gasteiger partial charge in [0, 0.05) is 18.1 Å². The van der Waals surface area contributed by atoms with Crippen molar-refractivity contribution in [3.8, 4) is 0 Å². The van der Waals surface area contributed by atoms with Crippen molar-refractivity contribution in [2.75, 3.05) is 4.90 Å². The number of carbonyl (C=O) groups excluding carboxylic acids is 1. The van der Waals surface area contributed by atoms with Crippen LogP contribution in [-0.2, 0) is 11.2 Å². The molecular formula is C20H16N2O. The molecule has 4 rings (SSSR count). The highest BCUT2D eigenvalue weighted by atomic mass is 16.2. The molecule has 23 heavy (non-hydrogen) atoms. The van der Waals surface area contributed by atoms with E-state index >= 15 is 0 Å². The second-order valence-corrected chi connectivity index (χ2v) is 5.69. The van der Waals surface area contributed by atoms with Crippen molar-refractivity contribution in [1.82, 2.24) is 4.98 Å². The van der Waals surface area contributed by atoms with Crippen LogP contribution in [0.15, 0.2) is 79.1 Å². The van der Waals surface area contributed by atoms with Crippen LogP contribution in [0.4, 0.5) is 11.4 Å². The SMILES string of the molecule is O=C1C(Cc2cccnc2)c2ccccc2N1c1ccccc1. The molecule has 0 saturated heterocycles. The van der Waals surface area contributed by atoms with Crippen molar-refractivity contribution >= 4 is 17.3 Å². The molecule has 0 aliphatic carbocycles. The maximum atomic E-state index is 13.1. The van der Waals surface area contributed by atoms with E-state index in [1.165, 1.54) is 0 Å². The number of nitrogens with zero attached hydrogens (tertiary/aromatic N) is 2. The summed E-state index contributed by atoms with van der Waals surface area (Å²) in [6.45, 7) is 0. The van der Waals surface area contributed by atoms with Gasteiger partial charge in [0.25, 0.3) is 0 Å². The number of rotatable bonds is 3. The second kappa shape index (κ2) is 5.69. The topological polar surface area (TPSA) is 33.2 Å². The number of benzene rings is 2. The summed E-state index contributed by atoms with van der Waals surface area (Å²) in [6, 6.07) is 21.8. The molecule has 2 heterocycles. The van der Waals surface area contributed by atoms with Crippen molar-refractivity contribution in [2.24, 2.45) is 0 Å². The maximum absolute atomic E-state index is 13.1. The van der Waals surface area contributed by atoms with E-state index in [1.54, 1.807) is 6.20 Å². The maximum Gasteiger partial charge on any atom is 0.239 e. The molecule has 1 amide bonds. The van der Waals surface area contributed by atoms with E-state index in [-0.39, 0.29) is 11.8 Å². The van der Waals surface area contributed by atoms with E-state index in [9.17, 15) is 4.79 Å². The monoisotopic (exact) mass is 300 g/mol. The molecule has 0 saturated carbocycles. The van der Waals surface area contributed by atoms with Gasteiger partial charge in [0.1, 0.15) is 0 Å². The second-order valence-electron chi connectivity index (χ2n) is 5.69. The van der Waals surface area contributed by atoms with Gasteiger partial charge in [0.15, 0.2) is 0 Å². The first-order valence-electron chi connectivity index (χ1n) is 7.71. The van der Waals surface area contributed by atoms with Crippen LogP contribution in [0.1, 0.15) is 17.0 Å². The van der Waals surface area contributed by atoms with Crippen LogP contribution in [0, 0.1) is 0 Å². The first-order valence-corrected chi connectivity index (χ1v) is 7.71. The molecule has 0 N–H and O–H groups in total. The Bertz CT molecular complexity index is 831. The lowest BCUT2D eigenvalue weighted by atomic mass is 9.94. The van der Waals surface area contributed by atoms with Gasteiger partial charge in [-0.3, -0.25) is 14.7 Å². The molecule has 1 atom stereocenters. The highest BCUT2D eigenvalue weighted by molar-refractivity contribution is 6.10. The van der Waals surface area contributed by atoms with Gasteiger partial charge in [-0.2, -0.15) is 0 Å². The predicted octanol–water partition coefficient (Wildman–Crippen LogP) is 4.09. The van der Waals surface area contributed by atoms with Crippen LogP contribution in [-0.4, -0.2) is 10.9 Å². The average Bonchev–Trinajstić information content (AvgIpc) is 2.89. The Kier molecular flexibility index (Phi) is 3.39. The third-order valence-electron chi connectivity index (χ3n) is 4.25. The summed E-state index contributed by atoms with van der Waals surface area (Å²) in [5.41, 5.74) is 4.07. The lowest BCUT2D eigenvalue weighted by molar-refractivity contribution is -0.118. The number of anilines is 2. The summed E-state index contributed by atoms with van der Waals surface area (Å²) >= 11 is 0. The average molecular weight is 300 g/mol. The number of hydrogen-bond acceptors (Lipinski definition) is 2. The normalized spacial score (nSPS) is 16.4. The molecule has 1 unspecified atom stereocenters. The minimum absolute atomic E-state index is 0.126. The summed E-state index contributed by atoms with van der Waals surface area (Å²) in [5, 5.41) is 0. The zero-order valence-electron chi connectivity index (χ0n) is 12.6. The van der Waals surface area contributed by atoms with Gasteiger partial charge in [0.05, 0.1) is 11.6 Å². The highest BCUT2D eigenvalue weighted by Crippen LogP contribution is 2.42. The molecule has 3 nitrogen and oxygen atoms in total. The molecule has 0 fully saturated rings. The Morgan fingerprint density at radius 1 is 0.913 bits per heavy atom. The third-order valence-corrected chi connectivity index (χ3v) is 4.25.